The number of hydrogen-bond acceptors (Lipinski definition) is 6. The number of halogens is 2. The number of nitrogens with zero attached hydrogens (tertiary/aromatic N) is 2. The minimum Gasteiger partial charge on any atom is -0.383 e. The molecular formula is C9H15F2N3O3. The van der Waals surface area contributed by atoms with Gasteiger partial charge >= 0.3 is 6.01 Å². The second-order valence-electron chi connectivity index (χ2n) is 3.15. The lowest BCUT2D eigenvalue weighted by atomic mass is 10.4. The Morgan fingerprint density at radius 3 is 2.94 bits per heavy atom. The zero-order valence-electron chi connectivity index (χ0n) is 9.49. The third-order valence-corrected chi connectivity index (χ3v) is 1.76. The number of rotatable bonds is 9. The Morgan fingerprint density at radius 1 is 1.41 bits per heavy atom. The zero-order chi connectivity index (χ0) is 12.5. The summed E-state index contributed by atoms with van der Waals surface area (Å²) >= 11 is 0. The Balaban J connectivity index is 2.16. The second kappa shape index (κ2) is 7.91. The molecule has 0 bridgehead atoms. The van der Waals surface area contributed by atoms with Crippen LogP contribution >= 0.6 is 0 Å². The molecule has 0 aliphatic carbocycles. The van der Waals surface area contributed by atoms with Crippen LogP contribution in [0.4, 0.5) is 14.8 Å². The van der Waals surface area contributed by atoms with Gasteiger partial charge in [-0.1, -0.05) is 5.16 Å². The highest BCUT2D eigenvalue weighted by Gasteiger charge is 2.06. The number of methoxy groups -OCH3 is 1. The van der Waals surface area contributed by atoms with Crippen LogP contribution < -0.4 is 5.32 Å². The van der Waals surface area contributed by atoms with Crippen LogP contribution in [0, 0.1) is 0 Å². The fourth-order valence-corrected chi connectivity index (χ4v) is 1.02. The summed E-state index contributed by atoms with van der Waals surface area (Å²) in [6.07, 6.45) is -2.12. The Hall–Kier alpha value is -1.28. The molecule has 1 aromatic heterocycles. The van der Waals surface area contributed by atoms with Gasteiger partial charge in [-0.3, -0.25) is 0 Å². The van der Waals surface area contributed by atoms with E-state index in [-0.39, 0.29) is 12.6 Å². The largest absolute Gasteiger partial charge is 0.383 e. The highest BCUT2D eigenvalue weighted by molar-refractivity contribution is 5.17. The Labute approximate surface area is 97.3 Å². The highest BCUT2D eigenvalue weighted by Crippen LogP contribution is 2.03. The van der Waals surface area contributed by atoms with Crippen molar-refractivity contribution >= 4 is 6.01 Å². The van der Waals surface area contributed by atoms with E-state index in [0.29, 0.717) is 25.4 Å². The van der Waals surface area contributed by atoms with E-state index in [1.165, 1.54) is 0 Å². The van der Waals surface area contributed by atoms with E-state index in [0.717, 1.165) is 0 Å². The molecule has 0 unspecified atom stereocenters. The smallest absolute Gasteiger partial charge is 0.321 e. The summed E-state index contributed by atoms with van der Waals surface area (Å²) in [5.41, 5.74) is 0. The van der Waals surface area contributed by atoms with Gasteiger partial charge in [0.15, 0.2) is 5.82 Å². The Morgan fingerprint density at radius 2 is 2.24 bits per heavy atom. The van der Waals surface area contributed by atoms with Crippen molar-refractivity contribution in [3.8, 4) is 0 Å². The van der Waals surface area contributed by atoms with Gasteiger partial charge < -0.3 is 19.3 Å². The van der Waals surface area contributed by atoms with Crippen molar-refractivity contribution in [2.75, 3.05) is 38.8 Å². The molecule has 6 nitrogen and oxygen atoms in total. The van der Waals surface area contributed by atoms with E-state index in [2.05, 4.69) is 15.5 Å². The van der Waals surface area contributed by atoms with E-state index < -0.39 is 13.0 Å². The maximum atomic E-state index is 11.7. The number of alkyl halides is 2. The van der Waals surface area contributed by atoms with E-state index >= 15 is 0 Å². The number of aromatic nitrogens is 2. The fourth-order valence-electron chi connectivity index (χ4n) is 1.02. The lowest BCUT2D eigenvalue weighted by Gasteiger charge is -1.99. The number of nitrogens with one attached hydrogen (secondary N) is 1. The van der Waals surface area contributed by atoms with Crippen molar-refractivity contribution in [1.29, 1.82) is 0 Å². The van der Waals surface area contributed by atoms with Crippen LogP contribution in [0.3, 0.4) is 0 Å². The molecule has 0 aliphatic heterocycles. The van der Waals surface area contributed by atoms with Gasteiger partial charge in [0.05, 0.1) is 13.2 Å². The third-order valence-electron chi connectivity index (χ3n) is 1.76. The van der Waals surface area contributed by atoms with Crippen molar-refractivity contribution in [3.63, 3.8) is 0 Å². The summed E-state index contributed by atoms with van der Waals surface area (Å²) in [5.74, 6) is 0.416. The quantitative estimate of drug-likeness (QED) is 0.659. The molecule has 0 fully saturated rings. The van der Waals surface area contributed by atoms with Gasteiger partial charge in [-0.25, -0.2) is 8.78 Å². The third kappa shape index (κ3) is 6.12. The monoisotopic (exact) mass is 251 g/mol. The normalized spacial score (nSPS) is 11.1. The van der Waals surface area contributed by atoms with Gasteiger partial charge in [-0.05, 0) is 0 Å². The fraction of sp³-hybridized carbons (Fsp3) is 0.778. The first-order valence-corrected chi connectivity index (χ1v) is 5.13. The Kier molecular flexibility index (Phi) is 6.41. The maximum absolute atomic E-state index is 11.7. The first-order chi connectivity index (χ1) is 8.22. The molecule has 0 saturated heterocycles. The summed E-state index contributed by atoms with van der Waals surface area (Å²) < 4.78 is 37.9. The Bertz CT molecular complexity index is 309. The average molecular weight is 251 g/mol. The molecule has 0 atom stereocenters. The van der Waals surface area contributed by atoms with Crippen LogP contribution in [0.1, 0.15) is 5.82 Å². The standard InChI is InChI=1S/C9H15F2N3O3/c1-15-5-3-12-9-13-8(14-17-9)2-4-16-6-7(10)11/h7H,2-6H2,1H3,(H,12,13,14). The van der Waals surface area contributed by atoms with Crippen LogP contribution in [-0.4, -0.2) is 50.0 Å². The van der Waals surface area contributed by atoms with Crippen molar-refractivity contribution in [2.45, 2.75) is 12.8 Å². The maximum Gasteiger partial charge on any atom is 0.321 e. The zero-order valence-corrected chi connectivity index (χ0v) is 9.49. The summed E-state index contributed by atoms with van der Waals surface area (Å²) in [4.78, 5) is 3.99. The van der Waals surface area contributed by atoms with Gasteiger partial charge in [-0.2, -0.15) is 4.98 Å². The minimum absolute atomic E-state index is 0.140. The average Bonchev–Trinajstić information content (AvgIpc) is 2.73. The lowest BCUT2D eigenvalue weighted by molar-refractivity contribution is 0.0182. The molecular weight excluding hydrogens is 236 g/mol. The van der Waals surface area contributed by atoms with Crippen LogP contribution in [-0.2, 0) is 15.9 Å². The lowest BCUT2D eigenvalue weighted by Crippen LogP contribution is -2.08. The number of hydrogen-bond donors (Lipinski definition) is 1. The number of ether oxygens (including phenoxy) is 2. The van der Waals surface area contributed by atoms with Crippen molar-refractivity contribution in [3.05, 3.63) is 5.82 Å². The van der Waals surface area contributed by atoms with Crippen molar-refractivity contribution < 1.29 is 22.8 Å². The predicted molar refractivity (Wildman–Crippen MR) is 55.2 cm³/mol. The topological polar surface area (TPSA) is 69.4 Å². The summed E-state index contributed by atoms with van der Waals surface area (Å²) in [6, 6.07) is 0.283. The molecule has 98 valence electrons. The summed E-state index contributed by atoms with van der Waals surface area (Å²) in [6.45, 7) is 0.646. The van der Waals surface area contributed by atoms with Gasteiger partial charge in [0.2, 0.25) is 0 Å². The van der Waals surface area contributed by atoms with Crippen LogP contribution in [0.5, 0.6) is 0 Å². The molecule has 0 aliphatic rings. The van der Waals surface area contributed by atoms with Crippen molar-refractivity contribution in [1.82, 2.24) is 10.1 Å². The molecule has 8 heteroatoms. The molecule has 1 heterocycles. The van der Waals surface area contributed by atoms with Gasteiger partial charge in [0.25, 0.3) is 6.43 Å². The van der Waals surface area contributed by atoms with Crippen molar-refractivity contribution in [2.24, 2.45) is 0 Å². The SMILES string of the molecule is COCCNc1nc(CCOCC(F)F)no1. The van der Waals surface area contributed by atoms with E-state index in [9.17, 15) is 8.78 Å². The predicted octanol–water partition coefficient (Wildman–Crippen LogP) is 0.952. The van der Waals surface area contributed by atoms with Gasteiger partial charge in [0, 0.05) is 20.1 Å². The molecule has 0 saturated carbocycles. The molecule has 1 rings (SSSR count). The molecule has 0 radical (unpaired) electrons. The molecule has 1 aromatic rings. The molecule has 1 N–H and O–H groups in total. The van der Waals surface area contributed by atoms with Gasteiger partial charge in [0.1, 0.15) is 6.61 Å². The van der Waals surface area contributed by atoms with Crippen LogP contribution in [0.15, 0.2) is 4.52 Å². The molecule has 0 amide bonds. The van der Waals surface area contributed by atoms with E-state index in [1.54, 1.807) is 7.11 Å². The highest BCUT2D eigenvalue weighted by atomic mass is 19.3. The molecule has 17 heavy (non-hydrogen) atoms. The summed E-state index contributed by atoms with van der Waals surface area (Å²) in [7, 11) is 1.58. The molecule has 0 spiro atoms. The first-order valence-electron chi connectivity index (χ1n) is 5.13. The van der Waals surface area contributed by atoms with Crippen LogP contribution in [0.2, 0.25) is 0 Å². The van der Waals surface area contributed by atoms with E-state index in [4.69, 9.17) is 14.0 Å². The minimum atomic E-state index is -2.45. The summed E-state index contributed by atoms with van der Waals surface area (Å²) in [5, 5.41) is 6.50. The molecule has 0 aromatic carbocycles. The van der Waals surface area contributed by atoms with E-state index in [1.807, 2.05) is 0 Å². The second-order valence-corrected chi connectivity index (χ2v) is 3.15. The van der Waals surface area contributed by atoms with Crippen LogP contribution in [0.25, 0.3) is 0 Å². The van der Waals surface area contributed by atoms with Gasteiger partial charge in [-0.15, -0.1) is 0 Å². The first kappa shape index (κ1) is 13.8. The number of anilines is 1.